The third-order valence-corrected chi connectivity index (χ3v) is 6.39. The number of rotatable bonds is 6. The third kappa shape index (κ3) is 5.01. The molecule has 3 nitrogen and oxygen atoms in total. The van der Waals surface area contributed by atoms with E-state index in [9.17, 15) is 4.79 Å². The highest BCUT2D eigenvalue weighted by Gasteiger charge is 2.35. The fourth-order valence-electron chi connectivity index (χ4n) is 4.87. The number of nitrogens with zero attached hydrogens (tertiary/aromatic N) is 1. The molecular weight excluding hydrogens is 344 g/mol. The number of hydrogen-bond acceptors (Lipinski definition) is 2. The monoisotopic (exact) mass is 378 g/mol. The number of halogens is 1. The van der Waals surface area contributed by atoms with Crippen LogP contribution >= 0.6 is 12.4 Å². The highest BCUT2D eigenvalue weighted by molar-refractivity contribution is 5.85. The Hall–Kier alpha value is -1.06. The molecule has 146 valence electrons. The molecule has 2 saturated heterocycles. The van der Waals surface area contributed by atoms with Crippen LogP contribution in [0.5, 0.6) is 0 Å². The maximum absolute atomic E-state index is 13.1. The van der Waals surface area contributed by atoms with E-state index in [0.29, 0.717) is 36.1 Å². The van der Waals surface area contributed by atoms with E-state index in [2.05, 4.69) is 54.4 Å². The first-order valence-electron chi connectivity index (χ1n) is 10.3. The van der Waals surface area contributed by atoms with Crippen LogP contribution in [-0.4, -0.2) is 36.5 Å². The number of carbonyl (C=O) groups is 1. The van der Waals surface area contributed by atoms with Crippen LogP contribution < -0.4 is 5.32 Å². The third-order valence-electron chi connectivity index (χ3n) is 6.39. The second-order valence-corrected chi connectivity index (χ2v) is 8.01. The lowest BCUT2D eigenvalue weighted by Crippen LogP contribution is -2.41. The van der Waals surface area contributed by atoms with E-state index in [0.717, 1.165) is 38.9 Å². The molecule has 2 fully saturated rings. The highest BCUT2D eigenvalue weighted by atomic mass is 35.5. The minimum absolute atomic E-state index is 0. The van der Waals surface area contributed by atoms with Gasteiger partial charge in [-0.1, -0.05) is 44.2 Å². The number of benzene rings is 1. The quantitative estimate of drug-likeness (QED) is 0.783. The predicted octanol–water partition coefficient (Wildman–Crippen LogP) is 4.62. The Labute approximate surface area is 165 Å². The average molecular weight is 379 g/mol. The van der Waals surface area contributed by atoms with Crippen molar-refractivity contribution in [3.05, 3.63) is 35.9 Å². The first kappa shape index (κ1) is 21.2. The van der Waals surface area contributed by atoms with Gasteiger partial charge in [-0.15, -0.1) is 12.4 Å². The highest BCUT2D eigenvalue weighted by Crippen LogP contribution is 2.35. The molecule has 0 saturated carbocycles. The molecule has 0 aliphatic carbocycles. The fraction of sp³-hybridized carbons (Fsp3) is 0.682. The smallest absolute Gasteiger partial charge is 0.223 e. The molecule has 4 unspecified atom stereocenters. The van der Waals surface area contributed by atoms with Crippen LogP contribution in [0.15, 0.2) is 30.3 Å². The van der Waals surface area contributed by atoms with Crippen molar-refractivity contribution in [2.24, 2.45) is 11.8 Å². The Morgan fingerprint density at radius 2 is 2.00 bits per heavy atom. The molecule has 1 amide bonds. The summed E-state index contributed by atoms with van der Waals surface area (Å²) in [6, 6.07) is 11.2. The molecule has 4 heteroatoms. The van der Waals surface area contributed by atoms with Gasteiger partial charge in [0.1, 0.15) is 0 Å². The van der Waals surface area contributed by atoms with Crippen molar-refractivity contribution in [1.29, 1.82) is 0 Å². The van der Waals surface area contributed by atoms with Crippen LogP contribution in [0.3, 0.4) is 0 Å². The molecule has 4 atom stereocenters. The van der Waals surface area contributed by atoms with Gasteiger partial charge >= 0.3 is 0 Å². The summed E-state index contributed by atoms with van der Waals surface area (Å²) in [5, 5.41) is 3.49. The summed E-state index contributed by atoms with van der Waals surface area (Å²) in [5.74, 6) is 2.00. The van der Waals surface area contributed by atoms with Crippen molar-refractivity contribution < 1.29 is 4.79 Å². The van der Waals surface area contributed by atoms with Crippen LogP contribution in [0, 0.1) is 11.8 Å². The van der Waals surface area contributed by atoms with Gasteiger partial charge in [-0.3, -0.25) is 4.79 Å². The van der Waals surface area contributed by atoms with Crippen molar-refractivity contribution in [3.63, 3.8) is 0 Å². The van der Waals surface area contributed by atoms with E-state index in [-0.39, 0.29) is 12.4 Å². The topological polar surface area (TPSA) is 32.3 Å². The summed E-state index contributed by atoms with van der Waals surface area (Å²) in [5.41, 5.74) is 1.39. The van der Waals surface area contributed by atoms with Crippen molar-refractivity contribution in [2.75, 3.05) is 19.6 Å². The van der Waals surface area contributed by atoms with Gasteiger partial charge in [0.2, 0.25) is 5.91 Å². The number of likely N-dealkylation sites (tertiary alicyclic amines) is 1. The summed E-state index contributed by atoms with van der Waals surface area (Å²) in [7, 11) is 0. The van der Waals surface area contributed by atoms with Gasteiger partial charge in [0.05, 0.1) is 0 Å². The maximum atomic E-state index is 13.1. The molecule has 1 aromatic carbocycles. The standard InChI is InChI=1S/C22H34N2O.ClH/c1-3-20(18-9-5-4-6-10-18)21-12-8-14-24(21)22(25)15-17(2)19-11-7-13-23-16-19;/h4-6,9-10,17,19-21,23H,3,7-8,11-16H2,1-2H3;1H. The average Bonchev–Trinajstić information content (AvgIpc) is 3.13. The van der Waals surface area contributed by atoms with Crippen LogP contribution in [0.4, 0.5) is 0 Å². The molecule has 1 N–H and O–H groups in total. The van der Waals surface area contributed by atoms with Gasteiger partial charge in [-0.2, -0.15) is 0 Å². The molecule has 2 heterocycles. The van der Waals surface area contributed by atoms with Crippen LogP contribution in [-0.2, 0) is 4.79 Å². The van der Waals surface area contributed by atoms with E-state index < -0.39 is 0 Å². The van der Waals surface area contributed by atoms with E-state index in [4.69, 9.17) is 0 Å². The minimum Gasteiger partial charge on any atom is -0.339 e. The van der Waals surface area contributed by atoms with Crippen molar-refractivity contribution in [2.45, 2.75) is 64.3 Å². The Balaban J connectivity index is 0.00000243. The Morgan fingerprint density at radius 3 is 2.65 bits per heavy atom. The number of piperidine rings is 1. The molecule has 3 rings (SSSR count). The lowest BCUT2D eigenvalue weighted by Gasteiger charge is -2.34. The summed E-state index contributed by atoms with van der Waals surface area (Å²) in [6.07, 6.45) is 6.64. The molecular formula is C22H35ClN2O. The Morgan fingerprint density at radius 1 is 1.23 bits per heavy atom. The van der Waals surface area contributed by atoms with Crippen LogP contribution in [0.25, 0.3) is 0 Å². The number of nitrogens with one attached hydrogen (secondary N) is 1. The maximum Gasteiger partial charge on any atom is 0.223 e. The van der Waals surface area contributed by atoms with E-state index >= 15 is 0 Å². The summed E-state index contributed by atoms with van der Waals surface area (Å²) >= 11 is 0. The Kier molecular flexibility index (Phi) is 8.43. The molecule has 0 radical (unpaired) electrons. The zero-order valence-electron chi connectivity index (χ0n) is 16.3. The van der Waals surface area contributed by atoms with E-state index in [1.165, 1.54) is 18.4 Å². The molecule has 2 aliphatic heterocycles. The molecule has 2 aliphatic rings. The number of hydrogen-bond donors (Lipinski definition) is 1. The van der Waals surface area contributed by atoms with Crippen molar-refractivity contribution in [1.82, 2.24) is 10.2 Å². The summed E-state index contributed by atoms with van der Waals surface area (Å²) in [4.78, 5) is 15.3. The zero-order chi connectivity index (χ0) is 17.6. The predicted molar refractivity (Wildman–Crippen MR) is 111 cm³/mol. The lowest BCUT2D eigenvalue weighted by atomic mass is 9.84. The summed E-state index contributed by atoms with van der Waals surface area (Å²) < 4.78 is 0. The van der Waals surface area contributed by atoms with Crippen molar-refractivity contribution in [3.8, 4) is 0 Å². The van der Waals surface area contributed by atoms with Gasteiger partial charge in [0.25, 0.3) is 0 Å². The minimum atomic E-state index is 0. The second kappa shape index (κ2) is 10.3. The van der Waals surface area contributed by atoms with Crippen LogP contribution in [0.2, 0.25) is 0 Å². The fourth-order valence-corrected chi connectivity index (χ4v) is 4.87. The van der Waals surface area contributed by atoms with Gasteiger partial charge < -0.3 is 10.2 Å². The number of carbonyl (C=O) groups excluding carboxylic acids is 1. The van der Waals surface area contributed by atoms with Crippen LogP contribution in [0.1, 0.15) is 63.9 Å². The molecule has 1 aromatic rings. The van der Waals surface area contributed by atoms with E-state index in [1.54, 1.807) is 0 Å². The Bertz CT molecular complexity index is 544. The summed E-state index contributed by atoms with van der Waals surface area (Å²) in [6.45, 7) is 7.70. The molecule has 26 heavy (non-hydrogen) atoms. The molecule has 0 spiro atoms. The van der Waals surface area contributed by atoms with Gasteiger partial charge in [0.15, 0.2) is 0 Å². The second-order valence-electron chi connectivity index (χ2n) is 8.01. The van der Waals surface area contributed by atoms with Gasteiger partial charge in [0, 0.05) is 24.9 Å². The van der Waals surface area contributed by atoms with Gasteiger partial charge in [-0.25, -0.2) is 0 Å². The zero-order valence-corrected chi connectivity index (χ0v) is 17.1. The normalized spacial score (nSPS) is 25.4. The molecule has 0 aromatic heterocycles. The SMILES string of the molecule is CCC(c1ccccc1)C1CCCN1C(=O)CC(C)C1CCCNC1.Cl. The number of amides is 1. The van der Waals surface area contributed by atoms with Crippen molar-refractivity contribution >= 4 is 18.3 Å². The lowest BCUT2D eigenvalue weighted by molar-refractivity contribution is -0.133. The van der Waals surface area contributed by atoms with Gasteiger partial charge in [-0.05, 0) is 62.6 Å². The largest absolute Gasteiger partial charge is 0.339 e. The first-order valence-corrected chi connectivity index (χ1v) is 10.3. The first-order chi connectivity index (χ1) is 12.2. The van der Waals surface area contributed by atoms with E-state index in [1.807, 2.05) is 0 Å². The molecule has 0 bridgehead atoms.